The fourth-order valence-electron chi connectivity index (χ4n) is 0.656. The number of thioether (sulfide) groups is 2. The minimum atomic E-state index is 0.00639. The number of rotatable bonds is 7. The molecule has 0 rings (SSSR count). The van der Waals surface area contributed by atoms with Gasteiger partial charge in [-0.05, 0) is 12.2 Å². The van der Waals surface area contributed by atoms with E-state index in [-0.39, 0.29) is 7.99 Å². The van der Waals surface area contributed by atoms with Crippen LogP contribution in [0.5, 0.6) is 0 Å². The SMILES string of the molecule is CCC(S)(SCCS)SCC(S)S. The summed E-state index contributed by atoms with van der Waals surface area (Å²) in [4.78, 5) is 0. The zero-order chi connectivity index (χ0) is 10.3. The number of thiol groups is 4. The normalized spacial score (nSPS) is 16.2. The van der Waals surface area contributed by atoms with Crippen molar-refractivity contribution in [3.8, 4) is 0 Å². The molecule has 0 aliphatic carbocycles. The summed E-state index contributed by atoms with van der Waals surface area (Å²) >= 11 is 20.9. The molecule has 6 heteroatoms. The molecule has 0 amide bonds. The molecule has 0 bridgehead atoms. The third-order valence-electron chi connectivity index (χ3n) is 1.32. The standard InChI is InChI=1S/C7H16S6/c1-2-7(11,12-4-3-8)13-5-6(9)10/h6,8-11H,2-5H2,1H3. The fraction of sp³-hybridized carbons (Fsp3) is 1.00. The van der Waals surface area contributed by atoms with E-state index in [1.54, 1.807) is 0 Å². The van der Waals surface area contributed by atoms with Crippen LogP contribution in [0.2, 0.25) is 0 Å². The summed E-state index contributed by atoms with van der Waals surface area (Å²) in [6.45, 7) is 2.15. The van der Waals surface area contributed by atoms with Crippen molar-refractivity contribution >= 4 is 74.0 Å². The number of hydrogen-bond acceptors (Lipinski definition) is 6. The quantitative estimate of drug-likeness (QED) is 0.418. The lowest BCUT2D eigenvalue weighted by molar-refractivity contribution is 1.01. The van der Waals surface area contributed by atoms with Crippen molar-refractivity contribution in [3.63, 3.8) is 0 Å². The first-order chi connectivity index (χ1) is 6.04. The molecule has 1 atom stereocenters. The van der Waals surface area contributed by atoms with E-state index in [4.69, 9.17) is 0 Å². The molecule has 0 aromatic heterocycles. The van der Waals surface area contributed by atoms with Crippen molar-refractivity contribution < 1.29 is 0 Å². The van der Waals surface area contributed by atoms with E-state index in [1.165, 1.54) is 0 Å². The Morgan fingerprint density at radius 3 is 2.31 bits per heavy atom. The van der Waals surface area contributed by atoms with Crippen molar-refractivity contribution in [1.82, 2.24) is 0 Å². The fourth-order valence-corrected chi connectivity index (χ4v) is 3.89. The average molecular weight is 293 g/mol. The third kappa shape index (κ3) is 7.96. The molecule has 0 aliphatic heterocycles. The highest BCUT2D eigenvalue weighted by molar-refractivity contribution is 8.29. The van der Waals surface area contributed by atoms with E-state index in [1.807, 2.05) is 23.5 Å². The smallest absolute Gasteiger partial charge is 0.104 e. The summed E-state index contributed by atoms with van der Waals surface area (Å²) < 4.78 is 0.145. The third-order valence-corrected chi connectivity index (χ3v) is 6.89. The summed E-state index contributed by atoms with van der Waals surface area (Å²) in [5.41, 5.74) is 0. The van der Waals surface area contributed by atoms with Gasteiger partial charge in [-0.1, -0.05) is 6.92 Å². The second kappa shape index (κ2) is 8.28. The van der Waals surface area contributed by atoms with Crippen molar-refractivity contribution in [3.05, 3.63) is 0 Å². The molecule has 0 fully saturated rings. The molecule has 0 aliphatic rings. The predicted octanol–water partition coefficient (Wildman–Crippen LogP) is 3.56. The van der Waals surface area contributed by atoms with Gasteiger partial charge in [0.2, 0.25) is 0 Å². The lowest BCUT2D eigenvalue weighted by atomic mass is 10.6. The first-order valence-corrected chi connectivity index (χ1v) is 8.09. The maximum Gasteiger partial charge on any atom is 0.104 e. The van der Waals surface area contributed by atoms with Gasteiger partial charge in [0.25, 0.3) is 0 Å². The van der Waals surface area contributed by atoms with E-state index in [9.17, 15) is 0 Å². The summed E-state index contributed by atoms with van der Waals surface area (Å²) in [7, 11) is 0. The Balaban J connectivity index is 3.81. The Morgan fingerprint density at radius 1 is 1.31 bits per heavy atom. The molecule has 0 aromatic carbocycles. The van der Waals surface area contributed by atoms with Crippen molar-refractivity contribution in [2.45, 2.75) is 21.3 Å². The molecular weight excluding hydrogens is 276 g/mol. The van der Waals surface area contributed by atoms with Gasteiger partial charge in [-0.3, -0.25) is 0 Å². The van der Waals surface area contributed by atoms with E-state index < -0.39 is 0 Å². The van der Waals surface area contributed by atoms with E-state index >= 15 is 0 Å². The zero-order valence-electron chi connectivity index (χ0n) is 7.51. The van der Waals surface area contributed by atoms with Crippen molar-refractivity contribution in [2.24, 2.45) is 0 Å². The van der Waals surface area contributed by atoms with Crippen LogP contribution in [0.15, 0.2) is 0 Å². The van der Waals surface area contributed by atoms with E-state index in [0.717, 1.165) is 23.7 Å². The van der Waals surface area contributed by atoms with Crippen LogP contribution < -0.4 is 0 Å². The van der Waals surface area contributed by atoms with Gasteiger partial charge in [0.15, 0.2) is 0 Å². The first-order valence-electron chi connectivity index (χ1n) is 4.01. The largest absolute Gasteiger partial charge is 0.179 e. The molecule has 13 heavy (non-hydrogen) atoms. The van der Waals surface area contributed by atoms with Gasteiger partial charge in [-0.2, -0.15) is 50.5 Å². The Morgan fingerprint density at radius 2 is 1.92 bits per heavy atom. The van der Waals surface area contributed by atoms with Crippen LogP contribution in [0, 0.1) is 0 Å². The summed E-state index contributed by atoms with van der Waals surface area (Å²) in [5.74, 6) is 2.86. The van der Waals surface area contributed by atoms with E-state index in [0.29, 0.717) is 0 Å². The monoisotopic (exact) mass is 292 g/mol. The lowest BCUT2D eigenvalue weighted by Crippen LogP contribution is -2.13. The molecule has 0 saturated heterocycles. The summed E-state index contributed by atoms with van der Waals surface area (Å²) in [5, 5.41) is 0. The van der Waals surface area contributed by atoms with Crippen LogP contribution in [0.25, 0.3) is 0 Å². The van der Waals surface area contributed by atoms with Gasteiger partial charge in [-0.15, -0.1) is 23.5 Å². The van der Waals surface area contributed by atoms with E-state index in [2.05, 4.69) is 57.4 Å². The van der Waals surface area contributed by atoms with Crippen LogP contribution in [0.3, 0.4) is 0 Å². The van der Waals surface area contributed by atoms with Crippen LogP contribution in [-0.4, -0.2) is 25.3 Å². The summed E-state index contributed by atoms with van der Waals surface area (Å²) in [6, 6.07) is 0. The molecule has 0 heterocycles. The predicted molar refractivity (Wildman–Crippen MR) is 82.5 cm³/mol. The summed E-state index contributed by atoms with van der Waals surface area (Å²) in [6.07, 6.45) is 1.04. The minimum Gasteiger partial charge on any atom is -0.179 e. The highest BCUT2D eigenvalue weighted by Crippen LogP contribution is 2.44. The Hall–Kier alpha value is 2.10. The molecule has 0 aromatic rings. The number of hydrogen-bond donors (Lipinski definition) is 4. The highest BCUT2D eigenvalue weighted by atomic mass is 32.3. The van der Waals surface area contributed by atoms with Crippen LogP contribution >= 0.6 is 74.0 Å². The maximum atomic E-state index is 4.65. The minimum absolute atomic E-state index is 0.00639. The lowest BCUT2D eigenvalue weighted by Gasteiger charge is -2.26. The molecule has 0 saturated carbocycles. The Bertz CT molecular complexity index is 128. The highest BCUT2D eigenvalue weighted by Gasteiger charge is 2.24. The van der Waals surface area contributed by atoms with Crippen molar-refractivity contribution in [2.75, 3.05) is 17.3 Å². The topological polar surface area (TPSA) is 0 Å². The maximum absolute atomic E-state index is 4.65. The van der Waals surface area contributed by atoms with Gasteiger partial charge in [0, 0.05) is 11.5 Å². The first kappa shape index (κ1) is 15.1. The molecule has 0 radical (unpaired) electrons. The molecule has 1 unspecified atom stereocenters. The molecule has 0 N–H and O–H groups in total. The Kier molecular flexibility index (Phi) is 9.61. The van der Waals surface area contributed by atoms with Crippen LogP contribution in [-0.2, 0) is 0 Å². The average Bonchev–Trinajstić information content (AvgIpc) is 2.11. The van der Waals surface area contributed by atoms with Gasteiger partial charge in [0.1, 0.15) is 3.41 Å². The van der Waals surface area contributed by atoms with Crippen molar-refractivity contribution in [1.29, 1.82) is 0 Å². The Labute approximate surface area is 112 Å². The zero-order valence-corrected chi connectivity index (χ0v) is 12.7. The molecular formula is C7H16S6. The molecule has 0 spiro atoms. The van der Waals surface area contributed by atoms with Gasteiger partial charge in [0.05, 0.1) is 4.58 Å². The van der Waals surface area contributed by atoms with Crippen LogP contribution in [0.1, 0.15) is 13.3 Å². The second-order valence-corrected chi connectivity index (χ2v) is 8.87. The molecule has 80 valence electrons. The molecule has 0 nitrogen and oxygen atoms in total. The van der Waals surface area contributed by atoms with Gasteiger partial charge >= 0.3 is 0 Å². The van der Waals surface area contributed by atoms with Gasteiger partial charge < -0.3 is 0 Å². The second-order valence-electron chi connectivity index (χ2n) is 2.43. The van der Waals surface area contributed by atoms with Gasteiger partial charge in [-0.25, -0.2) is 0 Å². The van der Waals surface area contributed by atoms with Crippen LogP contribution in [0.4, 0.5) is 0 Å².